The van der Waals surface area contributed by atoms with Gasteiger partial charge in [0, 0.05) is 0 Å². The standard InChI is InChI=1S/C32H30N2O6S/c1-5-39-31(36)28-20(2)33-32-34(29(28)23-12-14-24(37-3)15-13-23)30(35)27(41-32)18-22-11-16-25(26(17-22)38-4)40-19-21-9-7-6-8-10-21/h6-18,29H,5,19H2,1-4H3/b27-18+. The van der Waals surface area contributed by atoms with Crippen LogP contribution in [0, 0.1) is 0 Å². The minimum Gasteiger partial charge on any atom is -0.497 e. The monoisotopic (exact) mass is 570 g/mol. The van der Waals surface area contributed by atoms with Crippen LogP contribution in [0.4, 0.5) is 0 Å². The fraction of sp³-hybridized carbons (Fsp3) is 0.219. The molecule has 8 nitrogen and oxygen atoms in total. The second-order valence-electron chi connectivity index (χ2n) is 9.26. The molecule has 4 aromatic rings. The molecule has 5 rings (SSSR count). The Balaban J connectivity index is 1.55. The fourth-order valence-corrected chi connectivity index (χ4v) is 5.72. The normalized spacial score (nSPS) is 14.7. The molecule has 0 bridgehead atoms. The highest BCUT2D eigenvalue weighted by Crippen LogP contribution is 2.32. The number of nitrogens with zero attached hydrogens (tertiary/aromatic N) is 2. The number of carbonyl (C=O) groups excluding carboxylic acids is 1. The van der Waals surface area contributed by atoms with Crippen LogP contribution in [0.5, 0.6) is 17.2 Å². The molecular formula is C32H30N2O6S. The fourth-order valence-electron chi connectivity index (χ4n) is 4.67. The van der Waals surface area contributed by atoms with Crippen LogP contribution in [0.15, 0.2) is 93.9 Å². The Morgan fingerprint density at radius 1 is 1.00 bits per heavy atom. The van der Waals surface area contributed by atoms with E-state index in [9.17, 15) is 9.59 Å². The Kier molecular flexibility index (Phi) is 8.35. The van der Waals surface area contributed by atoms with E-state index in [-0.39, 0.29) is 12.2 Å². The van der Waals surface area contributed by atoms with Gasteiger partial charge in [0.25, 0.3) is 5.56 Å². The van der Waals surface area contributed by atoms with Crippen LogP contribution in [-0.4, -0.2) is 31.4 Å². The van der Waals surface area contributed by atoms with Crippen LogP contribution in [0.25, 0.3) is 6.08 Å². The molecule has 1 aliphatic rings. The van der Waals surface area contributed by atoms with Crippen molar-refractivity contribution in [1.82, 2.24) is 4.57 Å². The molecule has 0 fully saturated rings. The molecule has 1 aromatic heterocycles. The summed E-state index contributed by atoms with van der Waals surface area (Å²) in [7, 11) is 3.17. The van der Waals surface area contributed by atoms with Crippen LogP contribution in [-0.2, 0) is 16.1 Å². The number of hydrogen-bond acceptors (Lipinski definition) is 8. The van der Waals surface area contributed by atoms with Crippen molar-refractivity contribution in [2.75, 3.05) is 20.8 Å². The Morgan fingerprint density at radius 2 is 1.76 bits per heavy atom. The molecule has 0 aliphatic carbocycles. The molecule has 210 valence electrons. The number of hydrogen-bond donors (Lipinski definition) is 0. The largest absolute Gasteiger partial charge is 0.497 e. The van der Waals surface area contributed by atoms with Gasteiger partial charge in [-0.2, -0.15) is 0 Å². The van der Waals surface area contributed by atoms with Gasteiger partial charge in [0.2, 0.25) is 0 Å². The van der Waals surface area contributed by atoms with Gasteiger partial charge in [-0.1, -0.05) is 59.9 Å². The van der Waals surface area contributed by atoms with Crippen molar-refractivity contribution >= 4 is 23.4 Å². The number of fused-ring (bicyclic) bond motifs is 1. The van der Waals surface area contributed by atoms with E-state index in [0.29, 0.717) is 44.5 Å². The summed E-state index contributed by atoms with van der Waals surface area (Å²) >= 11 is 1.26. The Bertz CT molecular complexity index is 1770. The third-order valence-electron chi connectivity index (χ3n) is 6.67. The minimum atomic E-state index is -0.693. The molecule has 41 heavy (non-hydrogen) atoms. The summed E-state index contributed by atoms with van der Waals surface area (Å²) in [4.78, 5) is 32.1. The topological polar surface area (TPSA) is 88.4 Å². The number of methoxy groups -OCH3 is 2. The third kappa shape index (κ3) is 5.81. The maximum absolute atomic E-state index is 13.9. The third-order valence-corrected chi connectivity index (χ3v) is 7.65. The molecule has 9 heteroatoms. The molecule has 2 heterocycles. The van der Waals surface area contributed by atoms with E-state index in [0.717, 1.165) is 16.7 Å². The first-order valence-corrected chi connectivity index (χ1v) is 13.9. The summed E-state index contributed by atoms with van der Waals surface area (Å²) < 4.78 is 24.3. The first kappa shape index (κ1) is 27.9. The van der Waals surface area contributed by atoms with E-state index in [4.69, 9.17) is 18.9 Å². The number of benzene rings is 3. The van der Waals surface area contributed by atoms with E-state index in [2.05, 4.69) is 4.99 Å². The van der Waals surface area contributed by atoms with E-state index in [1.54, 1.807) is 50.8 Å². The van der Waals surface area contributed by atoms with Gasteiger partial charge in [-0.25, -0.2) is 9.79 Å². The summed E-state index contributed by atoms with van der Waals surface area (Å²) in [5.74, 6) is 1.33. The SMILES string of the molecule is CCOC(=O)C1=C(C)N=c2s/c(=C/c3ccc(OCc4ccccc4)c(OC)c3)c(=O)n2C1c1ccc(OC)cc1. The molecule has 1 atom stereocenters. The number of ether oxygens (including phenoxy) is 4. The molecule has 1 aliphatic heterocycles. The summed E-state index contributed by atoms with van der Waals surface area (Å²) in [6.45, 7) is 4.13. The number of aromatic nitrogens is 1. The average molecular weight is 571 g/mol. The van der Waals surface area contributed by atoms with Crippen molar-refractivity contribution in [3.05, 3.63) is 120 Å². The predicted octanol–water partition coefficient (Wildman–Crippen LogP) is 4.39. The minimum absolute atomic E-state index is 0.211. The maximum Gasteiger partial charge on any atom is 0.338 e. The van der Waals surface area contributed by atoms with Gasteiger partial charge in [-0.15, -0.1) is 0 Å². The zero-order valence-electron chi connectivity index (χ0n) is 23.2. The van der Waals surface area contributed by atoms with Crippen molar-refractivity contribution in [2.24, 2.45) is 4.99 Å². The van der Waals surface area contributed by atoms with Crippen LogP contribution in [0.3, 0.4) is 0 Å². The molecule has 3 aromatic carbocycles. The number of allylic oxidation sites excluding steroid dienone is 1. The van der Waals surface area contributed by atoms with Gasteiger partial charge >= 0.3 is 5.97 Å². The lowest BCUT2D eigenvalue weighted by Gasteiger charge is -2.24. The van der Waals surface area contributed by atoms with E-state index >= 15 is 0 Å². The van der Waals surface area contributed by atoms with Crippen LogP contribution >= 0.6 is 11.3 Å². The second-order valence-corrected chi connectivity index (χ2v) is 10.3. The van der Waals surface area contributed by atoms with E-state index < -0.39 is 12.0 Å². The lowest BCUT2D eigenvalue weighted by Crippen LogP contribution is -2.39. The highest BCUT2D eigenvalue weighted by atomic mass is 32.1. The predicted molar refractivity (Wildman–Crippen MR) is 157 cm³/mol. The Labute approximate surface area is 241 Å². The zero-order valence-corrected chi connectivity index (χ0v) is 24.1. The smallest absolute Gasteiger partial charge is 0.338 e. The van der Waals surface area contributed by atoms with Crippen molar-refractivity contribution in [1.29, 1.82) is 0 Å². The van der Waals surface area contributed by atoms with Gasteiger partial charge < -0.3 is 18.9 Å². The summed E-state index contributed by atoms with van der Waals surface area (Å²) in [6.07, 6.45) is 1.79. The number of rotatable bonds is 9. The maximum atomic E-state index is 13.9. The van der Waals surface area contributed by atoms with Crippen LogP contribution in [0.1, 0.15) is 36.6 Å². The highest BCUT2D eigenvalue weighted by molar-refractivity contribution is 7.07. The molecular weight excluding hydrogens is 540 g/mol. The van der Waals surface area contributed by atoms with Crippen molar-refractivity contribution in [3.63, 3.8) is 0 Å². The highest BCUT2D eigenvalue weighted by Gasteiger charge is 2.33. The summed E-state index contributed by atoms with van der Waals surface area (Å²) in [6, 6.07) is 22.0. The molecule has 0 amide bonds. The molecule has 1 unspecified atom stereocenters. The zero-order chi connectivity index (χ0) is 28.9. The molecule has 0 saturated heterocycles. The molecule has 0 spiro atoms. The second kappa shape index (κ2) is 12.3. The van der Waals surface area contributed by atoms with Crippen LogP contribution in [0.2, 0.25) is 0 Å². The lowest BCUT2D eigenvalue weighted by atomic mass is 9.96. The summed E-state index contributed by atoms with van der Waals surface area (Å²) in [5.41, 5.74) is 3.14. The van der Waals surface area contributed by atoms with E-state index in [1.165, 1.54) is 11.3 Å². The Hall–Kier alpha value is -4.63. The number of thiazole rings is 1. The van der Waals surface area contributed by atoms with Gasteiger partial charge in [-0.3, -0.25) is 9.36 Å². The van der Waals surface area contributed by atoms with Crippen molar-refractivity contribution in [3.8, 4) is 17.2 Å². The first-order chi connectivity index (χ1) is 19.9. The average Bonchev–Trinajstić information content (AvgIpc) is 3.30. The quantitative estimate of drug-likeness (QED) is 0.277. The van der Waals surface area contributed by atoms with Gasteiger partial charge in [-0.05, 0) is 60.9 Å². The van der Waals surface area contributed by atoms with Gasteiger partial charge in [0.15, 0.2) is 16.3 Å². The molecule has 0 saturated carbocycles. The van der Waals surface area contributed by atoms with Crippen molar-refractivity contribution < 1.29 is 23.7 Å². The molecule has 0 radical (unpaired) electrons. The Morgan fingerprint density at radius 3 is 2.44 bits per heavy atom. The summed E-state index contributed by atoms with van der Waals surface area (Å²) in [5, 5.41) is 0. The lowest BCUT2D eigenvalue weighted by molar-refractivity contribution is -0.139. The van der Waals surface area contributed by atoms with Gasteiger partial charge in [0.05, 0.1) is 42.7 Å². The van der Waals surface area contributed by atoms with Crippen molar-refractivity contribution in [2.45, 2.75) is 26.5 Å². The van der Waals surface area contributed by atoms with E-state index in [1.807, 2.05) is 60.7 Å². The van der Waals surface area contributed by atoms with Crippen LogP contribution < -0.4 is 29.1 Å². The van der Waals surface area contributed by atoms with Gasteiger partial charge in [0.1, 0.15) is 12.4 Å². The number of carbonyl (C=O) groups is 1. The number of esters is 1. The molecule has 0 N–H and O–H groups in total. The first-order valence-electron chi connectivity index (χ1n) is 13.1.